The van der Waals surface area contributed by atoms with Crippen LogP contribution in [0.25, 0.3) is 0 Å². The second-order valence-electron chi connectivity index (χ2n) is 7.66. The quantitative estimate of drug-likeness (QED) is 0.230. The number of aromatic nitrogens is 2. The summed E-state index contributed by atoms with van der Waals surface area (Å²) in [7, 11) is 1.57. The second kappa shape index (κ2) is 11.3. The first-order chi connectivity index (χ1) is 17.0. The Kier molecular flexibility index (Phi) is 8.45. The number of hydrogen-bond acceptors (Lipinski definition) is 7. The van der Waals surface area contributed by atoms with Crippen molar-refractivity contribution in [2.75, 3.05) is 31.2 Å². The predicted octanol–water partition coefficient (Wildman–Crippen LogP) is 3.90. The van der Waals surface area contributed by atoms with E-state index in [-0.39, 0.29) is 23.8 Å². The number of allylic oxidation sites excluding steroid dienone is 4. The van der Waals surface area contributed by atoms with Crippen LogP contribution in [0.1, 0.15) is 12.5 Å². The van der Waals surface area contributed by atoms with E-state index in [1.165, 1.54) is 11.5 Å². The predicted molar refractivity (Wildman–Crippen MR) is 121 cm³/mol. The van der Waals surface area contributed by atoms with Gasteiger partial charge in [0.25, 0.3) is 0 Å². The smallest absolute Gasteiger partial charge is 0.433 e. The van der Waals surface area contributed by atoms with Gasteiger partial charge in [0.1, 0.15) is 23.9 Å². The van der Waals surface area contributed by atoms with E-state index in [4.69, 9.17) is 14.2 Å². The van der Waals surface area contributed by atoms with Gasteiger partial charge in [-0.2, -0.15) is 18.2 Å². The molecule has 2 aromatic rings. The Bertz CT molecular complexity index is 1210. The molecule has 0 atom stereocenters. The summed E-state index contributed by atoms with van der Waals surface area (Å²) in [5, 5.41) is 0. The first-order valence-corrected chi connectivity index (χ1v) is 10.6. The van der Waals surface area contributed by atoms with E-state index in [1.807, 2.05) is 4.90 Å². The van der Waals surface area contributed by atoms with Crippen LogP contribution in [0, 0.1) is 11.6 Å². The molecule has 0 amide bonds. The molecule has 8 nitrogen and oxygen atoms in total. The fraction of sp³-hybridized carbons (Fsp3) is 0.348. The first kappa shape index (κ1) is 26.9. The molecule has 1 fully saturated rings. The van der Waals surface area contributed by atoms with Gasteiger partial charge in [-0.25, -0.2) is 13.6 Å². The Morgan fingerprint density at radius 2 is 1.83 bits per heavy atom. The van der Waals surface area contributed by atoms with Crippen molar-refractivity contribution in [1.82, 2.24) is 9.55 Å². The molecule has 0 bridgehead atoms. The normalized spacial score (nSPS) is 15.1. The van der Waals surface area contributed by atoms with Gasteiger partial charge in [-0.1, -0.05) is 0 Å². The van der Waals surface area contributed by atoms with Gasteiger partial charge in [0.2, 0.25) is 5.88 Å². The van der Waals surface area contributed by atoms with Gasteiger partial charge >= 0.3 is 11.9 Å². The van der Waals surface area contributed by atoms with Gasteiger partial charge in [-0.05, 0) is 43.5 Å². The zero-order valence-corrected chi connectivity index (χ0v) is 19.4. The third kappa shape index (κ3) is 6.68. The Morgan fingerprint density at radius 1 is 1.19 bits per heavy atom. The molecule has 0 spiro atoms. The van der Waals surface area contributed by atoms with E-state index in [1.54, 1.807) is 13.1 Å². The minimum absolute atomic E-state index is 0.0254. The highest BCUT2D eigenvalue weighted by Gasteiger charge is 2.32. The summed E-state index contributed by atoms with van der Waals surface area (Å²) >= 11 is 0. The van der Waals surface area contributed by atoms with Crippen molar-refractivity contribution in [3.63, 3.8) is 0 Å². The highest BCUT2D eigenvalue weighted by atomic mass is 19.4. The maximum atomic E-state index is 14.5. The molecule has 1 saturated heterocycles. The molecule has 36 heavy (non-hydrogen) atoms. The SMILES string of the molecule is C=N/C(=C\C=C(/C)Oc1c(F)cc(COc2cc(N3CCOCC3)n(C)c(=O)n2)cc1F)C(F)(F)F. The third-order valence-corrected chi connectivity index (χ3v) is 5.07. The molecule has 1 aromatic carbocycles. The number of aliphatic imine (C=N–C) groups is 1. The van der Waals surface area contributed by atoms with Crippen LogP contribution >= 0.6 is 0 Å². The number of hydrogen-bond donors (Lipinski definition) is 0. The number of anilines is 1. The van der Waals surface area contributed by atoms with Gasteiger partial charge in [0.15, 0.2) is 17.4 Å². The van der Waals surface area contributed by atoms with Gasteiger partial charge in [0.05, 0.1) is 13.2 Å². The number of morpholine rings is 1. The molecule has 1 aliphatic heterocycles. The molecule has 0 radical (unpaired) electrons. The van der Waals surface area contributed by atoms with E-state index in [0.717, 1.165) is 18.2 Å². The van der Waals surface area contributed by atoms with E-state index in [2.05, 4.69) is 16.7 Å². The maximum absolute atomic E-state index is 14.5. The third-order valence-electron chi connectivity index (χ3n) is 5.07. The number of halogens is 5. The molecular weight excluding hydrogens is 491 g/mol. The lowest BCUT2D eigenvalue weighted by molar-refractivity contribution is -0.0922. The van der Waals surface area contributed by atoms with Crippen molar-refractivity contribution in [1.29, 1.82) is 0 Å². The van der Waals surface area contributed by atoms with Crippen molar-refractivity contribution in [2.24, 2.45) is 12.0 Å². The highest BCUT2D eigenvalue weighted by Crippen LogP contribution is 2.28. The summed E-state index contributed by atoms with van der Waals surface area (Å²) in [5.74, 6) is -2.69. The average Bonchev–Trinajstić information content (AvgIpc) is 2.82. The molecule has 0 N–H and O–H groups in total. The largest absolute Gasteiger partial charge is 0.473 e. The van der Waals surface area contributed by atoms with Gasteiger partial charge < -0.3 is 19.1 Å². The van der Waals surface area contributed by atoms with Crippen molar-refractivity contribution in [3.05, 3.63) is 69.5 Å². The number of nitrogens with zero attached hydrogens (tertiary/aromatic N) is 4. The minimum atomic E-state index is -4.74. The summed E-state index contributed by atoms with van der Waals surface area (Å²) < 4.78 is 84.3. The van der Waals surface area contributed by atoms with Gasteiger partial charge in [0, 0.05) is 26.2 Å². The summed E-state index contributed by atoms with van der Waals surface area (Å²) in [6.45, 7) is 5.88. The van der Waals surface area contributed by atoms with E-state index >= 15 is 0 Å². The van der Waals surface area contributed by atoms with Crippen molar-refractivity contribution in [2.45, 2.75) is 19.7 Å². The Morgan fingerprint density at radius 3 is 2.42 bits per heavy atom. The lowest BCUT2D eigenvalue weighted by Gasteiger charge is -2.29. The van der Waals surface area contributed by atoms with Gasteiger partial charge in [-0.3, -0.25) is 9.56 Å². The molecule has 13 heteroatoms. The number of ether oxygens (including phenoxy) is 3. The Hall–Kier alpha value is -3.74. The molecule has 194 valence electrons. The molecule has 0 saturated carbocycles. The average molecular weight is 514 g/mol. The minimum Gasteiger partial charge on any atom is -0.473 e. The van der Waals surface area contributed by atoms with Crippen LogP contribution in [0.15, 0.2) is 51.6 Å². The van der Waals surface area contributed by atoms with Crippen LogP contribution < -0.4 is 20.1 Å². The van der Waals surface area contributed by atoms with Crippen LogP contribution in [0.5, 0.6) is 11.6 Å². The monoisotopic (exact) mass is 514 g/mol. The standard InChI is InChI=1S/C23H23F5N4O4/c1-14(4-5-18(29-2)23(26,27)28)36-21-16(24)10-15(11-17(21)25)13-35-19-12-20(31(3)22(33)30-19)32-6-8-34-9-7-32/h4-5,10-12H,2,6-9,13H2,1,3H3/b14-4+,18-5-. The topological polar surface area (TPSA) is 78.2 Å². The first-order valence-electron chi connectivity index (χ1n) is 10.6. The molecule has 1 aromatic heterocycles. The Labute approximate surface area is 202 Å². The van der Waals surface area contributed by atoms with Crippen molar-refractivity contribution in [3.8, 4) is 11.6 Å². The lowest BCUT2D eigenvalue weighted by Crippen LogP contribution is -2.39. The summed E-state index contributed by atoms with van der Waals surface area (Å²) in [6.07, 6.45) is -3.30. The maximum Gasteiger partial charge on any atom is 0.433 e. The van der Waals surface area contributed by atoms with Crippen LogP contribution in [-0.4, -0.2) is 48.7 Å². The number of alkyl halides is 3. The fourth-order valence-electron chi connectivity index (χ4n) is 3.26. The second-order valence-corrected chi connectivity index (χ2v) is 7.66. The van der Waals surface area contributed by atoms with Crippen LogP contribution in [0.3, 0.4) is 0 Å². The molecule has 0 unspecified atom stereocenters. The summed E-state index contributed by atoms with van der Waals surface area (Å²) in [6, 6.07) is 3.43. The zero-order valence-electron chi connectivity index (χ0n) is 19.4. The van der Waals surface area contributed by atoms with E-state index in [9.17, 15) is 26.7 Å². The van der Waals surface area contributed by atoms with E-state index in [0.29, 0.717) is 38.2 Å². The van der Waals surface area contributed by atoms with E-state index < -0.39 is 34.9 Å². The molecule has 1 aliphatic rings. The van der Waals surface area contributed by atoms with Crippen molar-refractivity contribution < 1.29 is 36.2 Å². The van der Waals surface area contributed by atoms with Gasteiger partial charge in [-0.15, -0.1) is 0 Å². The lowest BCUT2D eigenvalue weighted by atomic mass is 10.2. The Balaban J connectivity index is 1.74. The van der Waals surface area contributed by atoms with Crippen LogP contribution in [0.2, 0.25) is 0 Å². The van der Waals surface area contributed by atoms with Crippen LogP contribution in [0.4, 0.5) is 27.8 Å². The summed E-state index contributed by atoms with van der Waals surface area (Å²) in [5.41, 5.74) is -1.78. The number of benzene rings is 1. The molecular formula is C23H23F5N4O4. The molecule has 0 aliphatic carbocycles. The highest BCUT2D eigenvalue weighted by molar-refractivity contribution is 5.42. The molecule has 3 rings (SSSR count). The number of rotatable bonds is 8. The van der Waals surface area contributed by atoms with Crippen LogP contribution in [-0.2, 0) is 18.4 Å². The molecule has 2 heterocycles. The summed E-state index contributed by atoms with van der Waals surface area (Å²) in [4.78, 5) is 20.8. The fourth-order valence-corrected chi connectivity index (χ4v) is 3.26. The zero-order chi connectivity index (χ0) is 26.5. The van der Waals surface area contributed by atoms with Crippen molar-refractivity contribution >= 4 is 12.5 Å².